The van der Waals surface area contributed by atoms with Crippen molar-refractivity contribution in [3.05, 3.63) is 65.6 Å². The average Bonchev–Trinajstić information content (AvgIpc) is 3.23. The number of nitrogens with one attached hydrogen (secondary N) is 1. The van der Waals surface area contributed by atoms with Crippen LogP contribution in [-0.4, -0.2) is 52.2 Å². The number of carbonyl (C=O) groups is 3. The maximum Gasteiger partial charge on any atom is 0.262 e. The molecule has 0 saturated carbocycles. The highest BCUT2D eigenvalue weighted by atomic mass is 16.5. The SMILES string of the molecule is COc1cccn2cc(CCNC(=O)CN3C(=O)c4ccccc4C3=O)nc12. The molecule has 28 heavy (non-hydrogen) atoms. The third kappa shape index (κ3) is 3.09. The van der Waals surface area contributed by atoms with Crippen LogP contribution in [-0.2, 0) is 11.2 Å². The van der Waals surface area contributed by atoms with Crippen LogP contribution in [0.3, 0.4) is 0 Å². The molecule has 3 heterocycles. The van der Waals surface area contributed by atoms with E-state index in [0.29, 0.717) is 35.5 Å². The van der Waals surface area contributed by atoms with Crippen LogP contribution in [0.4, 0.5) is 0 Å². The first-order valence-electron chi connectivity index (χ1n) is 8.81. The Hall–Kier alpha value is -3.68. The van der Waals surface area contributed by atoms with Gasteiger partial charge in [-0.25, -0.2) is 4.98 Å². The Labute approximate surface area is 160 Å². The third-order valence-corrected chi connectivity index (χ3v) is 4.60. The molecule has 0 unspecified atom stereocenters. The fourth-order valence-corrected chi connectivity index (χ4v) is 3.23. The lowest BCUT2D eigenvalue weighted by Gasteiger charge is -2.13. The van der Waals surface area contributed by atoms with Crippen molar-refractivity contribution >= 4 is 23.4 Å². The molecule has 1 aliphatic rings. The number of ether oxygens (including phenoxy) is 1. The zero-order valence-electron chi connectivity index (χ0n) is 15.2. The normalized spacial score (nSPS) is 13.1. The van der Waals surface area contributed by atoms with Crippen LogP contribution < -0.4 is 10.1 Å². The summed E-state index contributed by atoms with van der Waals surface area (Å²) in [5.74, 6) is -0.606. The molecule has 0 bridgehead atoms. The number of hydrogen-bond donors (Lipinski definition) is 1. The van der Waals surface area contributed by atoms with E-state index in [0.717, 1.165) is 10.6 Å². The van der Waals surface area contributed by atoms with Gasteiger partial charge in [0, 0.05) is 25.4 Å². The first-order valence-corrected chi connectivity index (χ1v) is 8.81. The zero-order chi connectivity index (χ0) is 19.7. The summed E-state index contributed by atoms with van der Waals surface area (Å²) in [4.78, 5) is 42.3. The number of nitrogens with zero attached hydrogens (tertiary/aromatic N) is 3. The van der Waals surface area contributed by atoms with Gasteiger partial charge in [-0.05, 0) is 24.3 Å². The molecular weight excluding hydrogens is 360 g/mol. The van der Waals surface area contributed by atoms with Gasteiger partial charge in [0.25, 0.3) is 11.8 Å². The van der Waals surface area contributed by atoms with Gasteiger partial charge < -0.3 is 14.5 Å². The van der Waals surface area contributed by atoms with Gasteiger partial charge in [0.1, 0.15) is 6.54 Å². The van der Waals surface area contributed by atoms with E-state index in [-0.39, 0.29) is 6.54 Å². The molecule has 1 aromatic carbocycles. The minimum Gasteiger partial charge on any atom is -0.493 e. The molecule has 0 saturated heterocycles. The van der Waals surface area contributed by atoms with Crippen LogP contribution in [0.25, 0.3) is 5.65 Å². The highest BCUT2D eigenvalue weighted by molar-refractivity contribution is 6.22. The van der Waals surface area contributed by atoms with Crippen LogP contribution in [0.2, 0.25) is 0 Å². The van der Waals surface area contributed by atoms with Gasteiger partial charge >= 0.3 is 0 Å². The molecular formula is C20H18N4O4. The number of amides is 3. The topological polar surface area (TPSA) is 93.0 Å². The van der Waals surface area contributed by atoms with Crippen molar-refractivity contribution in [1.82, 2.24) is 19.6 Å². The average molecular weight is 378 g/mol. The number of pyridine rings is 1. The fourth-order valence-electron chi connectivity index (χ4n) is 3.23. The standard InChI is InChI=1S/C20H18N4O4/c1-28-16-7-4-10-23-11-13(22-18(16)23)8-9-21-17(25)12-24-19(26)14-5-2-3-6-15(14)20(24)27/h2-7,10-11H,8-9,12H2,1H3,(H,21,25). The lowest BCUT2D eigenvalue weighted by Crippen LogP contribution is -2.40. The highest BCUT2D eigenvalue weighted by Crippen LogP contribution is 2.22. The molecule has 2 aromatic heterocycles. The van der Waals surface area contributed by atoms with Gasteiger partial charge in [-0.2, -0.15) is 0 Å². The van der Waals surface area contributed by atoms with Gasteiger partial charge in [-0.1, -0.05) is 12.1 Å². The van der Waals surface area contributed by atoms with Gasteiger partial charge in [0.15, 0.2) is 11.4 Å². The molecule has 3 aromatic rings. The van der Waals surface area contributed by atoms with Crippen LogP contribution in [0, 0.1) is 0 Å². The molecule has 0 radical (unpaired) electrons. The zero-order valence-corrected chi connectivity index (χ0v) is 15.2. The van der Waals surface area contributed by atoms with Gasteiger partial charge in [0.2, 0.25) is 5.91 Å². The summed E-state index contributed by atoms with van der Waals surface area (Å²) in [6, 6.07) is 10.3. The van der Waals surface area contributed by atoms with Crippen LogP contribution >= 0.6 is 0 Å². The Morgan fingerprint density at radius 3 is 2.50 bits per heavy atom. The Morgan fingerprint density at radius 1 is 1.11 bits per heavy atom. The Balaban J connectivity index is 1.34. The van der Waals surface area contributed by atoms with E-state index >= 15 is 0 Å². The van der Waals surface area contributed by atoms with E-state index in [1.165, 1.54) is 0 Å². The largest absolute Gasteiger partial charge is 0.493 e. The maximum atomic E-state index is 12.3. The number of hydrogen-bond acceptors (Lipinski definition) is 5. The van der Waals surface area contributed by atoms with Crippen molar-refractivity contribution in [2.45, 2.75) is 6.42 Å². The maximum absolute atomic E-state index is 12.3. The van der Waals surface area contributed by atoms with Gasteiger partial charge in [-0.15, -0.1) is 0 Å². The second-order valence-electron chi connectivity index (χ2n) is 6.38. The lowest BCUT2D eigenvalue weighted by atomic mass is 10.1. The van der Waals surface area contributed by atoms with Crippen molar-refractivity contribution in [2.24, 2.45) is 0 Å². The quantitative estimate of drug-likeness (QED) is 0.653. The van der Waals surface area contributed by atoms with Gasteiger partial charge in [-0.3, -0.25) is 19.3 Å². The fraction of sp³-hybridized carbons (Fsp3) is 0.200. The molecule has 142 valence electrons. The summed E-state index contributed by atoms with van der Waals surface area (Å²) in [7, 11) is 1.59. The third-order valence-electron chi connectivity index (χ3n) is 4.60. The summed E-state index contributed by atoms with van der Waals surface area (Å²) in [6.45, 7) is 0.0412. The number of imidazole rings is 1. The predicted octanol–water partition coefficient (Wildman–Crippen LogP) is 1.30. The molecule has 0 fully saturated rings. The minimum absolute atomic E-state index is 0.300. The Bertz CT molecular complexity index is 1050. The van der Waals surface area contributed by atoms with E-state index in [2.05, 4.69) is 10.3 Å². The summed E-state index contributed by atoms with van der Waals surface area (Å²) in [6.07, 6.45) is 4.25. The number of carbonyl (C=O) groups excluding carboxylic acids is 3. The van der Waals surface area contributed by atoms with Crippen molar-refractivity contribution in [3.63, 3.8) is 0 Å². The van der Waals surface area contributed by atoms with Crippen molar-refractivity contribution in [1.29, 1.82) is 0 Å². The van der Waals surface area contributed by atoms with Crippen LogP contribution in [0.1, 0.15) is 26.4 Å². The first-order chi connectivity index (χ1) is 13.6. The monoisotopic (exact) mass is 378 g/mol. The van der Waals surface area contributed by atoms with E-state index in [1.807, 2.05) is 28.9 Å². The summed E-state index contributed by atoms with van der Waals surface area (Å²) < 4.78 is 7.14. The number of aromatic nitrogens is 2. The summed E-state index contributed by atoms with van der Waals surface area (Å²) >= 11 is 0. The minimum atomic E-state index is -0.441. The number of benzene rings is 1. The molecule has 0 spiro atoms. The summed E-state index contributed by atoms with van der Waals surface area (Å²) in [5.41, 5.74) is 2.17. The molecule has 1 N–H and O–H groups in total. The van der Waals surface area contributed by atoms with E-state index in [1.54, 1.807) is 31.4 Å². The van der Waals surface area contributed by atoms with Crippen molar-refractivity contribution < 1.29 is 19.1 Å². The number of fused-ring (bicyclic) bond motifs is 2. The number of imide groups is 1. The van der Waals surface area contributed by atoms with Crippen LogP contribution in [0.5, 0.6) is 5.75 Å². The molecule has 8 nitrogen and oxygen atoms in total. The first kappa shape index (κ1) is 17.7. The van der Waals surface area contributed by atoms with Gasteiger partial charge in [0.05, 0.1) is 23.9 Å². The highest BCUT2D eigenvalue weighted by Gasteiger charge is 2.36. The second-order valence-corrected chi connectivity index (χ2v) is 6.38. The lowest BCUT2D eigenvalue weighted by molar-refractivity contribution is -0.121. The Morgan fingerprint density at radius 2 is 1.82 bits per heavy atom. The van der Waals surface area contributed by atoms with Crippen molar-refractivity contribution in [2.75, 3.05) is 20.2 Å². The molecule has 1 aliphatic heterocycles. The Kier molecular flexibility index (Phi) is 4.52. The van der Waals surface area contributed by atoms with E-state index < -0.39 is 17.7 Å². The summed E-state index contributed by atoms with van der Waals surface area (Å²) in [5, 5.41) is 2.73. The van der Waals surface area contributed by atoms with E-state index in [4.69, 9.17) is 4.74 Å². The number of methoxy groups -OCH3 is 1. The molecule has 0 atom stereocenters. The van der Waals surface area contributed by atoms with Crippen molar-refractivity contribution in [3.8, 4) is 5.75 Å². The van der Waals surface area contributed by atoms with E-state index in [9.17, 15) is 14.4 Å². The van der Waals surface area contributed by atoms with Crippen LogP contribution in [0.15, 0.2) is 48.8 Å². The molecule has 0 aliphatic carbocycles. The number of rotatable bonds is 6. The molecule has 4 rings (SSSR count). The smallest absolute Gasteiger partial charge is 0.262 e. The molecule has 3 amide bonds. The molecule has 8 heteroatoms. The predicted molar refractivity (Wildman–Crippen MR) is 100 cm³/mol. The second kappa shape index (κ2) is 7.15.